The number of rotatable bonds is 6. The third kappa shape index (κ3) is 4.02. The number of carbonyl (C=O) groups excluding carboxylic acids is 1. The molecule has 0 aliphatic heterocycles. The Morgan fingerprint density at radius 1 is 1.24 bits per heavy atom. The minimum Gasteiger partial charge on any atom is -0.493 e. The number of benzene rings is 1. The van der Waals surface area contributed by atoms with E-state index < -0.39 is 0 Å². The van der Waals surface area contributed by atoms with Crippen LogP contribution in [0.3, 0.4) is 0 Å². The summed E-state index contributed by atoms with van der Waals surface area (Å²) in [7, 11) is 1.56. The first-order valence-electron chi connectivity index (χ1n) is 6.71. The average Bonchev–Trinajstić information content (AvgIpc) is 2.92. The highest BCUT2D eigenvalue weighted by Gasteiger charge is 2.13. The van der Waals surface area contributed by atoms with Crippen molar-refractivity contribution in [2.75, 3.05) is 13.7 Å². The first kappa shape index (κ1) is 15.0. The minimum atomic E-state index is -0.220. The van der Waals surface area contributed by atoms with Gasteiger partial charge in [0.25, 0.3) is 5.91 Å². The maximum Gasteiger partial charge on any atom is 0.258 e. The number of ether oxygens (including phenoxy) is 2. The number of carbonyl (C=O) groups is 1. The molecule has 1 N–H and O–H groups in total. The van der Waals surface area contributed by atoms with Gasteiger partial charge in [0.2, 0.25) is 0 Å². The van der Waals surface area contributed by atoms with Crippen LogP contribution in [0.5, 0.6) is 11.5 Å². The monoisotopic (exact) mass is 289 g/mol. The number of hydrogen-bond acceptors (Lipinski definition) is 4. The smallest absolute Gasteiger partial charge is 0.258 e. The molecule has 21 heavy (non-hydrogen) atoms. The molecule has 0 saturated heterocycles. The van der Waals surface area contributed by atoms with E-state index in [1.165, 1.54) is 0 Å². The van der Waals surface area contributed by atoms with Crippen molar-refractivity contribution in [1.82, 2.24) is 5.32 Å². The number of nitrogens with one attached hydrogen (secondary N) is 1. The van der Waals surface area contributed by atoms with E-state index in [0.717, 1.165) is 11.5 Å². The summed E-state index contributed by atoms with van der Waals surface area (Å²) in [6.45, 7) is 3.65. The molecule has 0 fully saturated rings. The molecule has 1 aromatic carbocycles. The fourth-order valence-electron chi connectivity index (χ4n) is 1.92. The van der Waals surface area contributed by atoms with Crippen LogP contribution in [0.1, 0.15) is 24.5 Å². The zero-order valence-electron chi connectivity index (χ0n) is 12.4. The second kappa shape index (κ2) is 6.83. The standard InChI is InChI=1S/C16H19NO4/c1-11-8-9-13(21-11)12(2)17-16(18)10-20-15-7-5-4-6-14(15)19-3/h4-9,12H,10H2,1-3H3,(H,17,18)/t12-/m0/s1. The summed E-state index contributed by atoms with van der Waals surface area (Å²) in [6, 6.07) is 10.7. The maximum atomic E-state index is 11.9. The summed E-state index contributed by atoms with van der Waals surface area (Å²) < 4.78 is 16.1. The SMILES string of the molecule is COc1ccccc1OCC(=O)N[C@@H](C)c1ccc(C)o1. The fraction of sp³-hybridized carbons (Fsp3) is 0.312. The number of methoxy groups -OCH3 is 1. The average molecular weight is 289 g/mol. The van der Waals surface area contributed by atoms with Crippen LogP contribution in [0, 0.1) is 6.92 Å². The molecule has 2 aromatic rings. The molecular formula is C16H19NO4. The Kier molecular flexibility index (Phi) is 4.87. The lowest BCUT2D eigenvalue weighted by atomic mass is 10.2. The van der Waals surface area contributed by atoms with Gasteiger partial charge in [-0.15, -0.1) is 0 Å². The lowest BCUT2D eigenvalue weighted by Crippen LogP contribution is -2.31. The second-order valence-electron chi connectivity index (χ2n) is 4.68. The van der Waals surface area contributed by atoms with Crippen LogP contribution in [0.2, 0.25) is 0 Å². The molecule has 1 amide bonds. The molecule has 0 spiro atoms. The normalized spacial score (nSPS) is 11.8. The number of para-hydroxylation sites is 2. The lowest BCUT2D eigenvalue weighted by Gasteiger charge is -2.13. The molecule has 1 heterocycles. The van der Waals surface area contributed by atoms with Gasteiger partial charge in [0, 0.05) is 0 Å². The number of amides is 1. The molecule has 0 bridgehead atoms. The molecular weight excluding hydrogens is 270 g/mol. The van der Waals surface area contributed by atoms with Crippen LogP contribution in [0.15, 0.2) is 40.8 Å². The third-order valence-electron chi connectivity index (χ3n) is 2.99. The van der Waals surface area contributed by atoms with E-state index >= 15 is 0 Å². The van der Waals surface area contributed by atoms with Gasteiger partial charge >= 0.3 is 0 Å². The van der Waals surface area contributed by atoms with Crippen molar-refractivity contribution >= 4 is 5.91 Å². The fourth-order valence-corrected chi connectivity index (χ4v) is 1.92. The maximum absolute atomic E-state index is 11.9. The molecule has 1 aromatic heterocycles. The molecule has 0 aliphatic rings. The Labute approximate surface area is 123 Å². The lowest BCUT2D eigenvalue weighted by molar-refractivity contribution is -0.123. The van der Waals surface area contributed by atoms with Crippen LogP contribution >= 0.6 is 0 Å². The van der Waals surface area contributed by atoms with Gasteiger partial charge in [0.05, 0.1) is 13.2 Å². The van der Waals surface area contributed by atoms with Crippen LogP contribution in [0.25, 0.3) is 0 Å². The topological polar surface area (TPSA) is 60.7 Å². The Balaban J connectivity index is 1.87. The zero-order chi connectivity index (χ0) is 15.2. The van der Waals surface area contributed by atoms with E-state index in [9.17, 15) is 4.79 Å². The Morgan fingerprint density at radius 2 is 1.95 bits per heavy atom. The van der Waals surface area contributed by atoms with Gasteiger partial charge in [-0.3, -0.25) is 4.79 Å². The molecule has 2 rings (SSSR count). The van der Waals surface area contributed by atoms with Crippen molar-refractivity contribution < 1.29 is 18.7 Å². The highest BCUT2D eigenvalue weighted by molar-refractivity contribution is 5.78. The van der Waals surface area contributed by atoms with E-state index in [1.807, 2.05) is 38.1 Å². The van der Waals surface area contributed by atoms with E-state index in [-0.39, 0.29) is 18.6 Å². The second-order valence-corrected chi connectivity index (χ2v) is 4.68. The van der Waals surface area contributed by atoms with Crippen LogP contribution in [-0.2, 0) is 4.79 Å². The van der Waals surface area contributed by atoms with Crippen molar-refractivity contribution in [3.8, 4) is 11.5 Å². The minimum absolute atomic E-state index is 0.0790. The van der Waals surface area contributed by atoms with E-state index in [1.54, 1.807) is 19.2 Å². The van der Waals surface area contributed by atoms with Crippen LogP contribution in [0.4, 0.5) is 0 Å². The quantitative estimate of drug-likeness (QED) is 0.888. The summed E-state index contributed by atoms with van der Waals surface area (Å²) in [5.41, 5.74) is 0. The van der Waals surface area contributed by atoms with E-state index in [2.05, 4.69) is 5.32 Å². The summed E-state index contributed by atoms with van der Waals surface area (Å²) in [5.74, 6) is 2.45. The highest BCUT2D eigenvalue weighted by atomic mass is 16.5. The van der Waals surface area contributed by atoms with E-state index in [4.69, 9.17) is 13.9 Å². The molecule has 0 aliphatic carbocycles. The molecule has 0 saturated carbocycles. The van der Waals surface area contributed by atoms with Gasteiger partial charge in [-0.1, -0.05) is 12.1 Å². The predicted octanol–water partition coefficient (Wildman–Crippen LogP) is 2.85. The van der Waals surface area contributed by atoms with Crippen molar-refractivity contribution in [1.29, 1.82) is 0 Å². The first-order chi connectivity index (χ1) is 10.1. The van der Waals surface area contributed by atoms with Gasteiger partial charge < -0.3 is 19.2 Å². The number of aryl methyl sites for hydroxylation is 1. The molecule has 1 atom stereocenters. The highest BCUT2D eigenvalue weighted by Crippen LogP contribution is 2.25. The molecule has 0 radical (unpaired) electrons. The summed E-state index contributed by atoms with van der Waals surface area (Å²) in [5, 5.41) is 2.82. The Hall–Kier alpha value is -2.43. The molecule has 112 valence electrons. The van der Waals surface area contributed by atoms with Crippen molar-refractivity contribution in [3.63, 3.8) is 0 Å². The van der Waals surface area contributed by atoms with Crippen LogP contribution in [-0.4, -0.2) is 19.6 Å². The predicted molar refractivity (Wildman–Crippen MR) is 78.5 cm³/mol. The van der Waals surface area contributed by atoms with Crippen LogP contribution < -0.4 is 14.8 Å². The molecule has 0 unspecified atom stereocenters. The molecule has 5 heteroatoms. The van der Waals surface area contributed by atoms with Gasteiger partial charge in [0.15, 0.2) is 18.1 Å². The summed E-state index contributed by atoms with van der Waals surface area (Å²) in [6.07, 6.45) is 0. The number of hydrogen-bond donors (Lipinski definition) is 1. The van der Waals surface area contributed by atoms with Gasteiger partial charge in [0.1, 0.15) is 11.5 Å². The van der Waals surface area contributed by atoms with E-state index in [0.29, 0.717) is 11.5 Å². The largest absolute Gasteiger partial charge is 0.493 e. The van der Waals surface area contributed by atoms with Gasteiger partial charge in [-0.25, -0.2) is 0 Å². The molecule has 5 nitrogen and oxygen atoms in total. The summed E-state index contributed by atoms with van der Waals surface area (Å²) in [4.78, 5) is 11.9. The van der Waals surface area contributed by atoms with Crippen molar-refractivity contribution in [3.05, 3.63) is 47.9 Å². The summed E-state index contributed by atoms with van der Waals surface area (Å²) >= 11 is 0. The zero-order valence-corrected chi connectivity index (χ0v) is 12.4. The van der Waals surface area contributed by atoms with Gasteiger partial charge in [-0.05, 0) is 38.1 Å². The number of furan rings is 1. The van der Waals surface area contributed by atoms with Gasteiger partial charge in [-0.2, -0.15) is 0 Å². The third-order valence-corrected chi connectivity index (χ3v) is 2.99. The van der Waals surface area contributed by atoms with Crippen molar-refractivity contribution in [2.45, 2.75) is 19.9 Å². The Morgan fingerprint density at radius 3 is 2.57 bits per heavy atom. The Bertz CT molecular complexity index is 606. The first-order valence-corrected chi connectivity index (χ1v) is 6.71. The van der Waals surface area contributed by atoms with Crippen molar-refractivity contribution in [2.24, 2.45) is 0 Å².